The van der Waals surface area contributed by atoms with Crippen LogP contribution in [0.3, 0.4) is 0 Å². The van der Waals surface area contributed by atoms with Crippen LogP contribution in [0.1, 0.15) is 53.1 Å². The Kier molecular flexibility index (Phi) is 8.05. The number of carbonyl (C=O) groups is 2. The van der Waals surface area contributed by atoms with Crippen molar-refractivity contribution in [1.29, 1.82) is 0 Å². The van der Waals surface area contributed by atoms with Crippen LogP contribution in [0.25, 0.3) is 0 Å². The molecule has 216 valence electrons. The standard InChI is InChI=1S/C29H30F2N4O5S/c1-18-15-22(31)8-9-24(18)33-25-16-27(41(39,40)35-12-2-3-26(35)29(37)38)32-17-23(25)28(36)34-13-10-20(11-14-34)19-4-6-21(30)7-5-19/h4-9,15-17,20,26H,2-3,10-14H2,1H3,(H,32,33)(H,37,38). The molecule has 1 unspecified atom stereocenters. The van der Waals surface area contributed by atoms with Gasteiger partial charge < -0.3 is 15.3 Å². The minimum atomic E-state index is -4.28. The molecule has 2 saturated heterocycles. The highest BCUT2D eigenvalue weighted by molar-refractivity contribution is 7.89. The Balaban J connectivity index is 1.45. The van der Waals surface area contributed by atoms with Crippen LogP contribution < -0.4 is 5.32 Å². The number of nitrogens with one attached hydrogen (secondary N) is 1. The average Bonchev–Trinajstić information content (AvgIpc) is 3.46. The van der Waals surface area contributed by atoms with Crippen LogP contribution in [0.2, 0.25) is 0 Å². The van der Waals surface area contributed by atoms with E-state index in [1.165, 1.54) is 42.6 Å². The number of carboxylic acid groups (broad SMARTS) is 1. The van der Waals surface area contributed by atoms with Crippen molar-refractivity contribution in [2.45, 2.75) is 49.6 Å². The summed E-state index contributed by atoms with van der Waals surface area (Å²) in [7, 11) is -4.28. The maximum atomic E-state index is 13.8. The zero-order chi connectivity index (χ0) is 29.3. The van der Waals surface area contributed by atoms with Gasteiger partial charge in [0, 0.05) is 37.6 Å². The van der Waals surface area contributed by atoms with Crippen LogP contribution in [0.15, 0.2) is 59.8 Å². The van der Waals surface area contributed by atoms with Gasteiger partial charge in [0.25, 0.3) is 15.9 Å². The molecule has 2 N–H and O–H groups in total. The SMILES string of the molecule is Cc1cc(F)ccc1Nc1cc(S(=O)(=O)N2CCCC2C(=O)O)ncc1C(=O)N1CCC(c2ccc(F)cc2)CC1. The first-order valence-electron chi connectivity index (χ1n) is 13.4. The molecule has 0 saturated carbocycles. The van der Waals surface area contributed by atoms with Gasteiger partial charge in [-0.15, -0.1) is 0 Å². The first-order chi connectivity index (χ1) is 19.5. The number of halogens is 2. The van der Waals surface area contributed by atoms with Crippen molar-refractivity contribution in [2.24, 2.45) is 0 Å². The van der Waals surface area contributed by atoms with Gasteiger partial charge in [0.05, 0.1) is 11.3 Å². The van der Waals surface area contributed by atoms with Crippen molar-refractivity contribution in [2.75, 3.05) is 25.0 Å². The Morgan fingerprint density at radius 3 is 2.29 bits per heavy atom. The van der Waals surface area contributed by atoms with E-state index in [4.69, 9.17) is 0 Å². The van der Waals surface area contributed by atoms with E-state index in [1.807, 2.05) is 0 Å². The number of likely N-dealkylation sites (tertiary alicyclic amines) is 1. The molecule has 2 aromatic carbocycles. The molecule has 0 aliphatic carbocycles. The van der Waals surface area contributed by atoms with E-state index in [-0.39, 0.29) is 46.9 Å². The highest BCUT2D eigenvalue weighted by Gasteiger charge is 2.40. The number of anilines is 2. The lowest BCUT2D eigenvalue weighted by Crippen LogP contribution is -2.41. The first kappa shape index (κ1) is 28.6. The quantitative estimate of drug-likeness (QED) is 0.414. The van der Waals surface area contributed by atoms with Crippen molar-refractivity contribution in [3.63, 3.8) is 0 Å². The minimum Gasteiger partial charge on any atom is -0.480 e. The number of carbonyl (C=O) groups excluding carboxylic acids is 1. The number of pyridine rings is 1. The van der Waals surface area contributed by atoms with Gasteiger partial charge in [-0.2, -0.15) is 4.31 Å². The van der Waals surface area contributed by atoms with E-state index < -0.39 is 27.9 Å². The van der Waals surface area contributed by atoms with Gasteiger partial charge >= 0.3 is 5.97 Å². The summed E-state index contributed by atoms with van der Waals surface area (Å²) in [6.45, 7) is 2.59. The van der Waals surface area contributed by atoms with Crippen LogP contribution in [0.5, 0.6) is 0 Å². The number of hydrogen-bond donors (Lipinski definition) is 2. The first-order valence-corrected chi connectivity index (χ1v) is 14.8. The molecule has 3 heterocycles. The number of aliphatic carboxylic acids is 1. The summed E-state index contributed by atoms with van der Waals surface area (Å²) in [5.74, 6) is -2.17. The molecule has 41 heavy (non-hydrogen) atoms. The van der Waals surface area contributed by atoms with Gasteiger partial charge in [-0.3, -0.25) is 9.59 Å². The number of rotatable bonds is 7. The van der Waals surface area contributed by atoms with Crippen LogP contribution >= 0.6 is 0 Å². The second-order valence-electron chi connectivity index (χ2n) is 10.4. The molecule has 2 aliphatic rings. The summed E-state index contributed by atoms with van der Waals surface area (Å²) in [6, 6.07) is 10.4. The van der Waals surface area contributed by atoms with E-state index in [9.17, 15) is 31.9 Å². The highest BCUT2D eigenvalue weighted by atomic mass is 32.2. The minimum absolute atomic E-state index is 0.0461. The fraction of sp³-hybridized carbons (Fsp3) is 0.345. The highest BCUT2D eigenvalue weighted by Crippen LogP contribution is 2.33. The second-order valence-corrected chi connectivity index (χ2v) is 12.2. The number of piperidine rings is 1. The zero-order valence-electron chi connectivity index (χ0n) is 22.4. The molecule has 3 aromatic rings. The Bertz CT molecular complexity index is 1570. The fourth-order valence-corrected chi connectivity index (χ4v) is 7.07. The normalized spacial score (nSPS) is 18.4. The van der Waals surface area contributed by atoms with Gasteiger partial charge in [-0.05, 0) is 80.0 Å². The Hall–Kier alpha value is -3.90. The topological polar surface area (TPSA) is 120 Å². The average molecular weight is 585 g/mol. The zero-order valence-corrected chi connectivity index (χ0v) is 23.2. The number of hydrogen-bond acceptors (Lipinski definition) is 6. The summed E-state index contributed by atoms with van der Waals surface area (Å²) in [5, 5.41) is 12.2. The van der Waals surface area contributed by atoms with Gasteiger partial charge in [0.1, 0.15) is 17.7 Å². The third-order valence-electron chi connectivity index (χ3n) is 7.75. The van der Waals surface area contributed by atoms with Crippen LogP contribution in [0.4, 0.5) is 20.2 Å². The van der Waals surface area contributed by atoms with E-state index >= 15 is 0 Å². The lowest BCUT2D eigenvalue weighted by molar-refractivity contribution is -0.140. The molecule has 12 heteroatoms. The van der Waals surface area contributed by atoms with E-state index in [1.54, 1.807) is 24.0 Å². The maximum absolute atomic E-state index is 13.8. The molecule has 1 aromatic heterocycles. The van der Waals surface area contributed by atoms with Crippen LogP contribution in [-0.2, 0) is 14.8 Å². The molecule has 1 amide bonds. The van der Waals surface area contributed by atoms with Crippen LogP contribution in [-0.4, -0.2) is 65.3 Å². The smallest absolute Gasteiger partial charge is 0.322 e. The van der Waals surface area contributed by atoms with E-state index in [2.05, 4.69) is 10.3 Å². The second kappa shape index (κ2) is 11.5. The number of carboxylic acids is 1. The molecule has 9 nitrogen and oxygen atoms in total. The molecule has 1 atom stereocenters. The van der Waals surface area contributed by atoms with Crippen LogP contribution in [0, 0.1) is 18.6 Å². The lowest BCUT2D eigenvalue weighted by Gasteiger charge is -2.32. The summed E-state index contributed by atoms with van der Waals surface area (Å²) >= 11 is 0. The monoisotopic (exact) mass is 584 g/mol. The third-order valence-corrected chi connectivity index (χ3v) is 9.56. The van der Waals surface area contributed by atoms with Crippen molar-refractivity contribution >= 4 is 33.3 Å². The predicted molar refractivity (Wildman–Crippen MR) is 147 cm³/mol. The summed E-state index contributed by atoms with van der Waals surface area (Å²) < 4.78 is 54.9. The largest absolute Gasteiger partial charge is 0.480 e. The Morgan fingerprint density at radius 2 is 1.63 bits per heavy atom. The molecule has 2 fully saturated rings. The number of benzene rings is 2. The summed E-state index contributed by atoms with van der Waals surface area (Å²) in [6.07, 6.45) is 3.12. The summed E-state index contributed by atoms with van der Waals surface area (Å²) in [4.78, 5) is 31.1. The molecule has 5 rings (SSSR count). The van der Waals surface area contributed by atoms with E-state index in [0.717, 1.165) is 9.87 Å². The van der Waals surface area contributed by atoms with Gasteiger partial charge in [-0.25, -0.2) is 22.2 Å². The number of amides is 1. The molecule has 0 spiro atoms. The number of sulfonamides is 1. The van der Waals surface area contributed by atoms with Gasteiger partial charge in [0.2, 0.25) is 0 Å². The number of aromatic nitrogens is 1. The molecular formula is C29H30F2N4O5S. The number of nitrogens with zero attached hydrogens (tertiary/aromatic N) is 3. The van der Waals surface area contributed by atoms with Crippen molar-refractivity contribution in [3.05, 3.63) is 83.1 Å². The lowest BCUT2D eigenvalue weighted by atomic mass is 9.89. The molecule has 0 bridgehead atoms. The van der Waals surface area contributed by atoms with Crippen molar-refractivity contribution in [3.8, 4) is 0 Å². The molecule has 0 radical (unpaired) electrons. The fourth-order valence-electron chi connectivity index (χ4n) is 5.48. The number of aryl methyl sites for hydroxylation is 1. The third kappa shape index (κ3) is 5.94. The molecular weight excluding hydrogens is 554 g/mol. The maximum Gasteiger partial charge on any atom is 0.322 e. The Labute approximate surface area is 236 Å². The molecule has 2 aliphatic heterocycles. The van der Waals surface area contributed by atoms with E-state index in [0.29, 0.717) is 43.6 Å². The Morgan fingerprint density at radius 1 is 0.951 bits per heavy atom. The van der Waals surface area contributed by atoms with Crippen molar-refractivity contribution in [1.82, 2.24) is 14.2 Å². The van der Waals surface area contributed by atoms with Gasteiger partial charge in [0.15, 0.2) is 5.03 Å². The van der Waals surface area contributed by atoms with Crippen molar-refractivity contribution < 1.29 is 31.9 Å². The summed E-state index contributed by atoms with van der Waals surface area (Å²) in [5.41, 5.74) is 2.30. The predicted octanol–water partition coefficient (Wildman–Crippen LogP) is 4.67. The van der Waals surface area contributed by atoms with Gasteiger partial charge in [-0.1, -0.05) is 12.1 Å².